The van der Waals surface area contributed by atoms with E-state index in [2.05, 4.69) is 34.5 Å². The lowest BCUT2D eigenvalue weighted by molar-refractivity contribution is 0.288. The van der Waals surface area contributed by atoms with Crippen LogP contribution in [-0.2, 0) is 0 Å². The molecule has 6 heteroatoms. The molecule has 0 fully saturated rings. The maximum atomic E-state index is 9.30. The molecule has 0 spiro atoms. The molecule has 0 aliphatic rings. The van der Waals surface area contributed by atoms with Gasteiger partial charge in [0.05, 0.1) is 16.8 Å². The van der Waals surface area contributed by atoms with Gasteiger partial charge in [-0.2, -0.15) is 11.8 Å². The fourth-order valence-corrected chi connectivity index (χ4v) is 3.40. The third kappa shape index (κ3) is 2.60. The van der Waals surface area contributed by atoms with Crippen molar-refractivity contribution in [3.63, 3.8) is 0 Å². The quantitative estimate of drug-likeness (QED) is 0.883. The molecular weight excluding hydrogens is 266 g/mol. The summed E-state index contributed by atoms with van der Waals surface area (Å²) in [5, 5.41) is 14.9. The number of aliphatic hydroxyl groups is 1. The summed E-state index contributed by atoms with van der Waals surface area (Å²) in [5.41, 5.74) is 2.19. The predicted octanol–water partition coefficient (Wildman–Crippen LogP) is 2.52. The Hall–Kier alpha value is -0.850. The van der Waals surface area contributed by atoms with Crippen molar-refractivity contribution in [2.75, 3.05) is 18.2 Å². The molecule has 0 saturated heterocycles. The standard InChI is InChI=1S/C12H17N3OS2/c1-7-5-18-11-10(7)13-6-14-12(11)15-8(2)9(4-16)17-3/h5-6,8-9,16H,4H2,1-3H3,(H,13,14,15). The molecule has 0 amide bonds. The minimum Gasteiger partial charge on any atom is -0.395 e. The number of hydrogen-bond donors (Lipinski definition) is 2. The summed E-state index contributed by atoms with van der Waals surface area (Å²) in [5.74, 6) is 0.859. The lowest BCUT2D eigenvalue weighted by Crippen LogP contribution is -2.31. The van der Waals surface area contributed by atoms with Crippen molar-refractivity contribution >= 4 is 39.1 Å². The Balaban J connectivity index is 2.26. The van der Waals surface area contributed by atoms with E-state index >= 15 is 0 Å². The Labute approximate surface area is 115 Å². The second kappa shape index (κ2) is 5.86. The van der Waals surface area contributed by atoms with Crippen LogP contribution in [-0.4, -0.2) is 39.2 Å². The van der Waals surface area contributed by atoms with Crippen molar-refractivity contribution in [1.29, 1.82) is 0 Å². The summed E-state index contributed by atoms with van der Waals surface area (Å²) in [7, 11) is 0. The highest BCUT2D eigenvalue weighted by Crippen LogP contribution is 2.29. The van der Waals surface area contributed by atoms with Crippen LogP contribution in [0.3, 0.4) is 0 Å². The zero-order valence-electron chi connectivity index (χ0n) is 10.7. The van der Waals surface area contributed by atoms with Crippen LogP contribution in [0.2, 0.25) is 0 Å². The van der Waals surface area contributed by atoms with Gasteiger partial charge in [0, 0.05) is 11.3 Å². The number of anilines is 1. The number of aliphatic hydroxyl groups excluding tert-OH is 1. The minimum atomic E-state index is 0.158. The SMILES string of the molecule is CSC(CO)C(C)Nc1ncnc2c(C)csc12. The molecule has 0 aliphatic carbocycles. The molecule has 2 heterocycles. The number of aromatic nitrogens is 2. The van der Waals surface area contributed by atoms with E-state index in [1.54, 1.807) is 29.4 Å². The van der Waals surface area contributed by atoms with Crippen LogP contribution in [0.5, 0.6) is 0 Å². The average Bonchev–Trinajstić information content (AvgIpc) is 2.74. The van der Waals surface area contributed by atoms with Gasteiger partial charge in [0.15, 0.2) is 0 Å². The van der Waals surface area contributed by atoms with Gasteiger partial charge >= 0.3 is 0 Å². The van der Waals surface area contributed by atoms with E-state index in [0.717, 1.165) is 16.0 Å². The summed E-state index contributed by atoms with van der Waals surface area (Å²) < 4.78 is 1.08. The van der Waals surface area contributed by atoms with Gasteiger partial charge in [-0.15, -0.1) is 11.3 Å². The molecular formula is C12H17N3OS2. The first-order valence-corrected chi connectivity index (χ1v) is 7.93. The maximum absolute atomic E-state index is 9.30. The van der Waals surface area contributed by atoms with Crippen molar-refractivity contribution in [3.8, 4) is 0 Å². The van der Waals surface area contributed by atoms with E-state index in [9.17, 15) is 5.11 Å². The Morgan fingerprint density at radius 1 is 1.50 bits per heavy atom. The van der Waals surface area contributed by atoms with E-state index < -0.39 is 0 Å². The number of hydrogen-bond acceptors (Lipinski definition) is 6. The van der Waals surface area contributed by atoms with E-state index in [0.29, 0.717) is 0 Å². The monoisotopic (exact) mass is 283 g/mol. The molecule has 98 valence electrons. The molecule has 2 aromatic rings. The van der Waals surface area contributed by atoms with Crippen molar-refractivity contribution in [2.24, 2.45) is 0 Å². The van der Waals surface area contributed by atoms with Crippen molar-refractivity contribution in [1.82, 2.24) is 9.97 Å². The van der Waals surface area contributed by atoms with Gasteiger partial charge < -0.3 is 10.4 Å². The number of thiophene rings is 1. The number of nitrogens with one attached hydrogen (secondary N) is 1. The highest BCUT2D eigenvalue weighted by Gasteiger charge is 2.17. The fourth-order valence-electron chi connectivity index (χ4n) is 1.82. The van der Waals surface area contributed by atoms with Crippen LogP contribution in [0.25, 0.3) is 10.2 Å². The van der Waals surface area contributed by atoms with Crippen LogP contribution in [0.4, 0.5) is 5.82 Å². The van der Waals surface area contributed by atoms with Gasteiger partial charge in [0.2, 0.25) is 0 Å². The molecule has 4 nitrogen and oxygen atoms in total. The summed E-state index contributed by atoms with van der Waals surface area (Å²) in [4.78, 5) is 8.61. The highest BCUT2D eigenvalue weighted by molar-refractivity contribution is 7.99. The fraction of sp³-hybridized carbons (Fsp3) is 0.500. The topological polar surface area (TPSA) is 58.0 Å². The average molecular weight is 283 g/mol. The third-order valence-corrected chi connectivity index (χ3v) is 5.19. The number of nitrogens with zero attached hydrogens (tertiary/aromatic N) is 2. The smallest absolute Gasteiger partial charge is 0.147 e. The Morgan fingerprint density at radius 3 is 2.94 bits per heavy atom. The van der Waals surface area contributed by atoms with Gasteiger partial charge in [-0.1, -0.05) is 0 Å². The van der Waals surface area contributed by atoms with Crippen LogP contribution in [0, 0.1) is 6.92 Å². The highest BCUT2D eigenvalue weighted by atomic mass is 32.2. The summed E-state index contributed by atoms with van der Waals surface area (Å²) in [6.45, 7) is 4.27. The summed E-state index contributed by atoms with van der Waals surface area (Å²) >= 11 is 3.31. The van der Waals surface area contributed by atoms with Gasteiger partial charge in [-0.25, -0.2) is 9.97 Å². The first-order chi connectivity index (χ1) is 8.67. The number of rotatable bonds is 5. The first kappa shape index (κ1) is 13.6. The zero-order valence-corrected chi connectivity index (χ0v) is 12.3. The first-order valence-electron chi connectivity index (χ1n) is 5.76. The lowest BCUT2D eigenvalue weighted by Gasteiger charge is -2.21. The van der Waals surface area contributed by atoms with E-state index in [-0.39, 0.29) is 17.9 Å². The van der Waals surface area contributed by atoms with Crippen molar-refractivity contribution in [2.45, 2.75) is 25.1 Å². The molecule has 0 bridgehead atoms. The molecule has 0 radical (unpaired) electrons. The molecule has 2 rings (SSSR count). The number of fused-ring (bicyclic) bond motifs is 1. The van der Waals surface area contributed by atoms with Crippen LogP contribution < -0.4 is 5.32 Å². The second-order valence-corrected chi connectivity index (χ2v) is 6.17. The molecule has 0 aromatic carbocycles. The number of thioether (sulfide) groups is 1. The van der Waals surface area contributed by atoms with E-state index in [4.69, 9.17) is 0 Å². The minimum absolute atomic E-state index is 0.158. The molecule has 0 saturated carbocycles. The van der Waals surface area contributed by atoms with Gasteiger partial charge in [-0.3, -0.25) is 0 Å². The third-order valence-electron chi connectivity index (χ3n) is 2.94. The maximum Gasteiger partial charge on any atom is 0.147 e. The number of aryl methyl sites for hydroxylation is 1. The van der Waals surface area contributed by atoms with Crippen LogP contribution >= 0.6 is 23.1 Å². The summed E-state index contributed by atoms with van der Waals surface area (Å²) in [6.07, 6.45) is 3.59. The van der Waals surface area contributed by atoms with E-state index in [1.165, 1.54) is 5.56 Å². The summed E-state index contributed by atoms with van der Waals surface area (Å²) in [6, 6.07) is 0.158. The van der Waals surface area contributed by atoms with Crippen LogP contribution in [0.1, 0.15) is 12.5 Å². The Bertz CT molecular complexity index is 525. The van der Waals surface area contributed by atoms with Gasteiger partial charge in [-0.05, 0) is 31.0 Å². The molecule has 0 aliphatic heterocycles. The van der Waals surface area contributed by atoms with Crippen molar-refractivity contribution in [3.05, 3.63) is 17.3 Å². The van der Waals surface area contributed by atoms with E-state index in [1.807, 2.05) is 6.26 Å². The van der Waals surface area contributed by atoms with Crippen molar-refractivity contribution < 1.29 is 5.11 Å². The molecule has 2 aromatic heterocycles. The lowest BCUT2D eigenvalue weighted by atomic mass is 10.2. The molecule has 2 N–H and O–H groups in total. The van der Waals surface area contributed by atoms with Crippen LogP contribution in [0.15, 0.2) is 11.7 Å². The second-order valence-electron chi connectivity index (χ2n) is 4.21. The Kier molecular flexibility index (Phi) is 4.42. The zero-order chi connectivity index (χ0) is 13.1. The predicted molar refractivity (Wildman–Crippen MR) is 79.6 cm³/mol. The largest absolute Gasteiger partial charge is 0.395 e. The Morgan fingerprint density at radius 2 is 2.28 bits per heavy atom. The molecule has 18 heavy (non-hydrogen) atoms. The van der Waals surface area contributed by atoms with Gasteiger partial charge in [0.25, 0.3) is 0 Å². The molecule has 2 atom stereocenters. The van der Waals surface area contributed by atoms with Gasteiger partial charge in [0.1, 0.15) is 12.1 Å². The normalized spacial score (nSPS) is 14.7. The molecule has 2 unspecified atom stereocenters.